The number of halogens is 1. The predicted molar refractivity (Wildman–Crippen MR) is 111 cm³/mol. The van der Waals surface area contributed by atoms with Crippen molar-refractivity contribution in [2.45, 2.75) is 0 Å². The highest BCUT2D eigenvalue weighted by atomic mass is 35.5. The Balaban J connectivity index is 1.60. The lowest BCUT2D eigenvalue weighted by Gasteiger charge is -2.12. The molecule has 2 N–H and O–H groups in total. The van der Waals surface area contributed by atoms with E-state index in [2.05, 4.69) is 15.6 Å². The molecule has 3 rings (SSSR count). The Morgan fingerprint density at radius 1 is 1.18 bits per heavy atom. The number of carbonyl (C=O) groups is 2. The number of thioether (sulfide) groups is 1. The minimum absolute atomic E-state index is 0.260. The number of amidine groups is 1. The molecule has 0 unspecified atom stereocenters. The topological polar surface area (TPSA) is 89.0 Å². The molecule has 1 heterocycles. The van der Waals surface area contributed by atoms with Crippen molar-refractivity contribution in [2.24, 2.45) is 4.99 Å². The van der Waals surface area contributed by atoms with E-state index in [1.165, 1.54) is 18.9 Å². The van der Waals surface area contributed by atoms with Crippen LogP contribution in [-0.4, -0.2) is 43.0 Å². The van der Waals surface area contributed by atoms with Gasteiger partial charge in [-0.3, -0.25) is 14.6 Å². The Bertz CT molecular complexity index is 920. The van der Waals surface area contributed by atoms with Crippen molar-refractivity contribution in [3.63, 3.8) is 0 Å². The number of carbonyl (C=O) groups excluding carboxylic acids is 2. The van der Waals surface area contributed by atoms with Crippen LogP contribution < -0.4 is 20.1 Å². The molecule has 28 heavy (non-hydrogen) atoms. The van der Waals surface area contributed by atoms with E-state index >= 15 is 0 Å². The van der Waals surface area contributed by atoms with Gasteiger partial charge in [0.25, 0.3) is 11.8 Å². The van der Waals surface area contributed by atoms with Crippen molar-refractivity contribution >= 4 is 46.0 Å². The van der Waals surface area contributed by atoms with Gasteiger partial charge in [0.15, 0.2) is 11.8 Å². The predicted octanol–water partition coefficient (Wildman–Crippen LogP) is 3.20. The summed E-state index contributed by atoms with van der Waals surface area (Å²) in [7, 11) is 1.51. The first-order valence-corrected chi connectivity index (χ1v) is 9.77. The molecule has 0 atom stereocenters. The number of nitrogens with one attached hydrogen (secondary N) is 2. The normalized spacial score (nSPS) is 12.9. The molecule has 0 bridgehead atoms. The number of amides is 2. The Kier molecular flexibility index (Phi) is 6.78. The second-order valence-corrected chi connectivity index (χ2v) is 7.16. The van der Waals surface area contributed by atoms with E-state index in [9.17, 15) is 9.59 Å². The third-order valence-electron chi connectivity index (χ3n) is 3.73. The average molecular weight is 420 g/mol. The van der Waals surface area contributed by atoms with E-state index in [4.69, 9.17) is 21.1 Å². The number of hydrogen-bond acceptors (Lipinski definition) is 6. The first-order valence-electron chi connectivity index (χ1n) is 8.40. The second kappa shape index (κ2) is 9.48. The molecule has 0 radical (unpaired) electrons. The zero-order chi connectivity index (χ0) is 19.9. The van der Waals surface area contributed by atoms with Gasteiger partial charge in [0, 0.05) is 11.4 Å². The lowest BCUT2D eigenvalue weighted by atomic mass is 10.2. The van der Waals surface area contributed by atoms with Crippen LogP contribution >= 0.6 is 23.4 Å². The molecule has 2 aromatic rings. The minimum atomic E-state index is -0.382. The van der Waals surface area contributed by atoms with Crippen molar-refractivity contribution in [3.05, 3.63) is 53.1 Å². The third kappa shape index (κ3) is 5.17. The number of benzene rings is 2. The number of nitrogens with zero attached hydrogens (tertiary/aromatic N) is 1. The van der Waals surface area contributed by atoms with Crippen LogP contribution in [0.5, 0.6) is 11.5 Å². The Hall–Kier alpha value is -2.71. The molecule has 2 aromatic carbocycles. The van der Waals surface area contributed by atoms with Crippen molar-refractivity contribution in [1.82, 2.24) is 5.32 Å². The molecule has 0 aromatic heterocycles. The van der Waals surface area contributed by atoms with E-state index in [1.54, 1.807) is 42.5 Å². The molecule has 0 spiro atoms. The van der Waals surface area contributed by atoms with E-state index in [1.807, 2.05) is 0 Å². The summed E-state index contributed by atoms with van der Waals surface area (Å²) in [5.41, 5.74) is 0.847. The molecule has 1 aliphatic rings. The summed E-state index contributed by atoms with van der Waals surface area (Å²) in [4.78, 5) is 28.8. The number of anilines is 1. The molecular formula is C19H18ClN3O4S. The maximum atomic E-state index is 12.4. The summed E-state index contributed by atoms with van der Waals surface area (Å²) >= 11 is 7.54. The number of para-hydroxylation sites is 1. The SMILES string of the molecule is COc1ccc(NC(=O)COc2ccccc2C(=O)NC2=NCCS2)cc1Cl. The van der Waals surface area contributed by atoms with Gasteiger partial charge in [0.05, 0.1) is 24.2 Å². The van der Waals surface area contributed by atoms with Gasteiger partial charge in [-0.1, -0.05) is 35.5 Å². The molecule has 2 amide bonds. The summed E-state index contributed by atoms with van der Waals surface area (Å²) in [6, 6.07) is 11.6. The van der Waals surface area contributed by atoms with Crippen molar-refractivity contribution in [3.8, 4) is 11.5 Å². The van der Waals surface area contributed by atoms with Crippen LogP contribution in [0, 0.1) is 0 Å². The summed E-state index contributed by atoms with van der Waals surface area (Å²) in [5, 5.41) is 6.41. The summed E-state index contributed by atoms with van der Waals surface area (Å²) in [5.74, 6) is 0.967. The Morgan fingerprint density at radius 3 is 2.71 bits per heavy atom. The second-order valence-electron chi connectivity index (χ2n) is 5.67. The molecule has 1 aliphatic heterocycles. The van der Waals surface area contributed by atoms with Crippen molar-refractivity contribution in [2.75, 3.05) is 31.3 Å². The van der Waals surface area contributed by atoms with Gasteiger partial charge >= 0.3 is 0 Å². The van der Waals surface area contributed by atoms with Gasteiger partial charge in [-0.25, -0.2) is 0 Å². The molecule has 0 saturated heterocycles. The number of methoxy groups -OCH3 is 1. The van der Waals surface area contributed by atoms with Gasteiger partial charge in [-0.15, -0.1) is 0 Å². The number of rotatable bonds is 6. The monoisotopic (exact) mass is 419 g/mol. The van der Waals surface area contributed by atoms with Gasteiger partial charge in [0.1, 0.15) is 11.5 Å². The molecule has 9 heteroatoms. The lowest BCUT2D eigenvalue weighted by Crippen LogP contribution is -2.28. The molecular weight excluding hydrogens is 402 g/mol. The highest BCUT2D eigenvalue weighted by molar-refractivity contribution is 8.14. The lowest BCUT2D eigenvalue weighted by molar-refractivity contribution is -0.118. The van der Waals surface area contributed by atoms with Crippen molar-refractivity contribution in [1.29, 1.82) is 0 Å². The first kappa shape index (κ1) is 20.0. The largest absolute Gasteiger partial charge is 0.495 e. The quantitative estimate of drug-likeness (QED) is 0.750. The first-order chi connectivity index (χ1) is 13.6. The molecule has 0 aliphatic carbocycles. The third-order valence-corrected chi connectivity index (χ3v) is 4.92. The van der Waals surface area contributed by atoms with Crippen LogP contribution in [-0.2, 0) is 4.79 Å². The van der Waals surface area contributed by atoms with Crippen LogP contribution in [0.1, 0.15) is 10.4 Å². The van der Waals surface area contributed by atoms with E-state index in [0.717, 1.165) is 5.75 Å². The van der Waals surface area contributed by atoms with Crippen LogP contribution in [0.25, 0.3) is 0 Å². The summed E-state index contributed by atoms with van der Waals surface area (Å²) in [6.07, 6.45) is 0. The molecule has 0 saturated carbocycles. The highest BCUT2D eigenvalue weighted by Gasteiger charge is 2.17. The van der Waals surface area contributed by atoms with E-state index in [0.29, 0.717) is 39.5 Å². The van der Waals surface area contributed by atoms with Gasteiger partial charge in [0.2, 0.25) is 0 Å². The number of ether oxygens (including phenoxy) is 2. The van der Waals surface area contributed by atoms with Crippen LogP contribution in [0.3, 0.4) is 0 Å². The fraction of sp³-hybridized carbons (Fsp3) is 0.211. The maximum Gasteiger partial charge on any atom is 0.262 e. The molecule has 7 nitrogen and oxygen atoms in total. The zero-order valence-electron chi connectivity index (χ0n) is 15.0. The summed E-state index contributed by atoms with van der Waals surface area (Å²) in [6.45, 7) is 0.428. The fourth-order valence-corrected chi connectivity index (χ4v) is 3.42. The summed E-state index contributed by atoms with van der Waals surface area (Å²) < 4.78 is 10.6. The number of aliphatic imine (C=N–C) groups is 1. The van der Waals surface area contributed by atoms with Crippen LogP contribution in [0.15, 0.2) is 47.5 Å². The molecule has 0 fully saturated rings. The smallest absolute Gasteiger partial charge is 0.262 e. The van der Waals surface area contributed by atoms with E-state index < -0.39 is 0 Å². The zero-order valence-corrected chi connectivity index (χ0v) is 16.6. The Labute approximate surface area is 171 Å². The van der Waals surface area contributed by atoms with Crippen LogP contribution in [0.4, 0.5) is 5.69 Å². The van der Waals surface area contributed by atoms with Gasteiger partial charge in [-0.05, 0) is 30.3 Å². The maximum absolute atomic E-state index is 12.4. The van der Waals surface area contributed by atoms with Gasteiger partial charge in [-0.2, -0.15) is 0 Å². The Morgan fingerprint density at radius 2 is 2.00 bits per heavy atom. The fourth-order valence-electron chi connectivity index (χ4n) is 2.44. The van der Waals surface area contributed by atoms with Crippen LogP contribution in [0.2, 0.25) is 5.02 Å². The van der Waals surface area contributed by atoms with Crippen molar-refractivity contribution < 1.29 is 19.1 Å². The van der Waals surface area contributed by atoms with Gasteiger partial charge < -0.3 is 20.1 Å². The highest BCUT2D eigenvalue weighted by Crippen LogP contribution is 2.27. The standard InChI is InChI=1S/C19H18ClN3O4S/c1-26-16-7-6-12(10-14(16)20)22-17(24)11-27-15-5-3-2-4-13(15)18(25)23-19-21-8-9-28-19/h2-7,10H,8-9,11H2,1H3,(H,22,24)(H,21,23,25). The van der Waals surface area contributed by atoms with E-state index in [-0.39, 0.29) is 18.4 Å². The number of hydrogen-bond donors (Lipinski definition) is 2. The average Bonchev–Trinajstić information content (AvgIpc) is 3.20. The molecule has 146 valence electrons. The minimum Gasteiger partial charge on any atom is -0.495 e.